The number of aliphatic imine (C=N–C) groups is 1. The van der Waals surface area contributed by atoms with Crippen molar-refractivity contribution in [2.75, 3.05) is 6.61 Å². The van der Waals surface area contributed by atoms with E-state index >= 15 is 0 Å². The van der Waals surface area contributed by atoms with E-state index in [0.29, 0.717) is 21.2 Å². The van der Waals surface area contributed by atoms with Crippen LogP contribution >= 0.6 is 23.2 Å². The van der Waals surface area contributed by atoms with Gasteiger partial charge in [0.1, 0.15) is 17.6 Å². The first-order valence-corrected chi connectivity index (χ1v) is 16.2. The molecule has 9 nitrogen and oxygen atoms in total. The van der Waals surface area contributed by atoms with Crippen molar-refractivity contribution in [3.63, 3.8) is 0 Å². The lowest BCUT2D eigenvalue weighted by molar-refractivity contribution is -0.137. The third-order valence-electron chi connectivity index (χ3n) is 7.00. The van der Waals surface area contributed by atoms with Gasteiger partial charge >= 0.3 is 12.3 Å². The smallest absolute Gasteiger partial charge is 0.416 e. The second kappa shape index (κ2) is 14.7. The largest absolute Gasteiger partial charge is 0.674 e. The molecule has 4 aromatic carbocycles. The topological polar surface area (TPSA) is 146 Å². The molecule has 4 N–H and O–H groups in total. The second-order valence-electron chi connectivity index (χ2n) is 10.1. The first-order valence-electron chi connectivity index (χ1n) is 13.9. The average molecular weight is 709 g/mol. The molecule has 0 aromatic heterocycles. The van der Waals surface area contributed by atoms with Crippen molar-refractivity contribution in [2.24, 2.45) is 10.1 Å². The Morgan fingerprint density at radius 3 is 1.98 bits per heavy atom. The average Bonchev–Trinajstić information content (AvgIpc) is 3.42. The Labute approximate surface area is 279 Å². The maximum absolute atomic E-state index is 13.3. The summed E-state index contributed by atoms with van der Waals surface area (Å²) in [6.45, 7) is 1.85. The summed E-state index contributed by atoms with van der Waals surface area (Å²) < 4.78 is 67.0. The van der Waals surface area contributed by atoms with Gasteiger partial charge in [-0.05, 0) is 72.6 Å². The Hall–Kier alpha value is -4.14. The number of carboxylic acid groups (broad SMARTS) is 1. The summed E-state index contributed by atoms with van der Waals surface area (Å²) in [4.78, 5) is 18.4. The Morgan fingerprint density at radius 2 is 1.51 bits per heavy atom. The van der Waals surface area contributed by atoms with Gasteiger partial charge in [-0.25, -0.2) is 18.4 Å². The van der Waals surface area contributed by atoms with E-state index in [-0.39, 0.29) is 35.2 Å². The number of carbonyl (C=O) groups is 1. The summed E-state index contributed by atoms with van der Waals surface area (Å²) in [5, 5.41) is 16.1. The molecule has 0 fully saturated rings. The molecule has 0 bridgehead atoms. The van der Waals surface area contributed by atoms with Gasteiger partial charge in [0.25, 0.3) is 0 Å². The van der Waals surface area contributed by atoms with Gasteiger partial charge in [0, 0.05) is 10.0 Å². The maximum Gasteiger partial charge on any atom is 0.416 e. The molecule has 2 atom stereocenters. The highest BCUT2D eigenvalue weighted by atomic mass is 35.5. The highest BCUT2D eigenvalue weighted by molar-refractivity contribution is 7.89. The van der Waals surface area contributed by atoms with E-state index in [4.69, 9.17) is 43.8 Å². The lowest BCUT2D eigenvalue weighted by Gasteiger charge is -2.27. The third kappa shape index (κ3) is 8.62. The van der Waals surface area contributed by atoms with Gasteiger partial charge in [-0.3, -0.25) is 9.89 Å². The van der Waals surface area contributed by atoms with Crippen molar-refractivity contribution in [2.45, 2.75) is 36.6 Å². The van der Waals surface area contributed by atoms with E-state index in [1.54, 1.807) is 67.6 Å². The number of nitrogens with zero attached hydrogens (tertiary/aromatic N) is 2. The number of amidine groups is 1. The molecular weight excluding hydrogens is 680 g/mol. The van der Waals surface area contributed by atoms with Crippen molar-refractivity contribution < 1.29 is 36.2 Å². The Morgan fingerprint density at radius 1 is 0.957 bits per heavy atom. The second-order valence-corrected chi connectivity index (χ2v) is 12.5. The summed E-state index contributed by atoms with van der Waals surface area (Å²) in [7, 11) is -3.59. The van der Waals surface area contributed by atoms with Crippen LogP contribution in [-0.4, -0.2) is 37.0 Å². The van der Waals surface area contributed by atoms with Crippen LogP contribution in [0.15, 0.2) is 101 Å². The van der Waals surface area contributed by atoms with E-state index in [1.807, 2.05) is 0 Å². The van der Waals surface area contributed by atoms with Gasteiger partial charge in [0.2, 0.25) is 10.0 Å². The highest BCUT2D eigenvalue weighted by Crippen LogP contribution is 2.45. The third-order valence-corrected chi connectivity index (χ3v) is 8.43. The number of amides is 1. The summed E-state index contributed by atoms with van der Waals surface area (Å²) in [6, 6.07) is 20.8. The van der Waals surface area contributed by atoms with Crippen LogP contribution in [-0.2, 0) is 22.7 Å². The number of nitrogens with two attached hydrogens (primary N) is 1. The van der Waals surface area contributed by atoms with E-state index in [9.17, 15) is 31.5 Å². The number of benzene rings is 4. The number of alkyl halides is 3. The molecule has 1 amide bonds. The number of rotatable bonds is 7. The van der Waals surface area contributed by atoms with Crippen LogP contribution in [0.5, 0.6) is 5.75 Å². The fraction of sp³-hybridized carbons (Fsp3) is 0.188. The quantitative estimate of drug-likeness (QED) is 0.198. The minimum Gasteiger partial charge on any atom is -0.674 e. The standard InChI is InChI=1S/C25H19Cl2F3N2O3.C7H9N2O2S/c1-2-35-20-13-16(25(28,29)30)7-12-19(20)23-31-21(14-3-8-17(26)9-4-14)22(32(23)24(33)34)15-5-10-18(27)11-6-15;8-5-6-1-3-7(4-2-6)12(9,10)11/h3-13,21-22H,2H2,1H3,(H,33,34);1-4,8H,5H2,(H2,9,10,11)/q;-1. The zero-order valence-corrected chi connectivity index (χ0v) is 26.9. The number of sulfonamides is 1. The SMILES string of the molecule is CCOc1cc(C(F)(F)F)ccc1C1=NC(c2ccc(Cl)cc2)C(c2ccc(Cl)cc2)N1C(=O)O.[NH-]Cc1ccc(S(N)(=O)=O)cc1. The van der Waals surface area contributed by atoms with E-state index < -0.39 is 39.9 Å². The van der Waals surface area contributed by atoms with Crippen molar-refractivity contribution >= 4 is 45.2 Å². The fourth-order valence-corrected chi connectivity index (χ4v) is 5.58. The number of hydrogen-bond donors (Lipinski definition) is 2. The molecule has 2 unspecified atom stereocenters. The zero-order chi connectivity index (χ0) is 34.5. The molecule has 1 aliphatic heterocycles. The molecule has 0 saturated heterocycles. The van der Waals surface area contributed by atoms with E-state index in [0.717, 1.165) is 22.6 Å². The van der Waals surface area contributed by atoms with Crippen LogP contribution in [0.2, 0.25) is 10.0 Å². The number of ether oxygens (including phenoxy) is 1. The Kier molecular flexibility index (Phi) is 11.2. The molecule has 0 saturated carbocycles. The lowest BCUT2D eigenvalue weighted by Crippen LogP contribution is -2.37. The van der Waals surface area contributed by atoms with Crippen LogP contribution < -0.4 is 9.88 Å². The van der Waals surface area contributed by atoms with Gasteiger partial charge < -0.3 is 15.6 Å². The molecule has 0 radical (unpaired) electrons. The first kappa shape index (κ1) is 35.7. The van der Waals surface area contributed by atoms with Crippen LogP contribution in [0.25, 0.3) is 5.73 Å². The number of halogens is 5. The molecule has 4 aromatic rings. The molecule has 1 aliphatic rings. The van der Waals surface area contributed by atoms with Gasteiger partial charge in [-0.15, -0.1) is 6.54 Å². The van der Waals surface area contributed by atoms with Gasteiger partial charge in [0.15, 0.2) is 0 Å². The minimum atomic E-state index is -4.59. The number of primary sulfonamides is 1. The van der Waals surface area contributed by atoms with Crippen LogP contribution in [0.4, 0.5) is 18.0 Å². The maximum atomic E-state index is 13.3. The number of nitrogens with one attached hydrogen (secondary N) is 1. The summed E-state index contributed by atoms with van der Waals surface area (Å²) in [5.74, 6) is -0.131. The molecular formula is C32H28Cl2F3N4O5S-. The molecule has 0 aliphatic carbocycles. The van der Waals surface area contributed by atoms with Crippen LogP contribution in [0.1, 0.15) is 46.8 Å². The van der Waals surface area contributed by atoms with Crippen molar-refractivity contribution in [1.29, 1.82) is 0 Å². The number of hydrogen-bond acceptors (Lipinski definition) is 5. The predicted octanol–water partition coefficient (Wildman–Crippen LogP) is 8.52. The van der Waals surface area contributed by atoms with Crippen molar-refractivity contribution in [1.82, 2.24) is 4.90 Å². The molecule has 0 spiro atoms. The first-order chi connectivity index (χ1) is 22.1. The predicted molar refractivity (Wildman–Crippen MR) is 173 cm³/mol. The Bertz CT molecular complexity index is 1860. The van der Waals surface area contributed by atoms with E-state index in [2.05, 4.69) is 0 Å². The van der Waals surface area contributed by atoms with Crippen molar-refractivity contribution in [3.8, 4) is 5.75 Å². The minimum absolute atomic E-state index is 0.0189. The lowest BCUT2D eigenvalue weighted by atomic mass is 9.94. The van der Waals surface area contributed by atoms with Gasteiger partial charge in [-0.2, -0.15) is 13.2 Å². The molecule has 47 heavy (non-hydrogen) atoms. The van der Waals surface area contributed by atoms with Crippen LogP contribution in [0, 0.1) is 0 Å². The Balaban J connectivity index is 0.000000351. The van der Waals surface area contributed by atoms with Gasteiger partial charge in [0.05, 0.1) is 28.7 Å². The molecule has 5 rings (SSSR count). The van der Waals surface area contributed by atoms with Crippen molar-refractivity contribution in [3.05, 3.63) is 135 Å². The molecule has 1 heterocycles. The molecule has 248 valence electrons. The summed E-state index contributed by atoms with van der Waals surface area (Å²) in [6.07, 6.45) is -5.91. The zero-order valence-electron chi connectivity index (χ0n) is 24.6. The fourth-order valence-electron chi connectivity index (χ4n) is 4.81. The van der Waals surface area contributed by atoms with Gasteiger partial charge in [-0.1, -0.05) is 65.2 Å². The normalized spacial score (nSPS) is 16.3. The summed E-state index contributed by atoms with van der Waals surface area (Å²) >= 11 is 12.1. The van der Waals surface area contributed by atoms with Crippen LogP contribution in [0.3, 0.4) is 0 Å². The summed E-state index contributed by atoms with van der Waals surface area (Å²) in [5.41, 5.74) is 8.28. The monoisotopic (exact) mass is 707 g/mol. The molecule has 15 heteroatoms. The highest BCUT2D eigenvalue weighted by Gasteiger charge is 2.43. The van der Waals surface area contributed by atoms with E-state index in [1.165, 1.54) is 18.2 Å².